The van der Waals surface area contributed by atoms with E-state index in [9.17, 15) is 0 Å². The Hall–Kier alpha value is -0.140. The highest BCUT2D eigenvalue weighted by molar-refractivity contribution is 8.07. The molecule has 4 nitrogen and oxygen atoms in total. The lowest BCUT2D eigenvalue weighted by molar-refractivity contribution is 0.514. The maximum atomic E-state index is 6.03. The quantitative estimate of drug-likeness (QED) is 0.585. The number of hydrogen-bond donors (Lipinski definition) is 3. The van der Waals surface area contributed by atoms with Gasteiger partial charge in [0.25, 0.3) is 0 Å². The van der Waals surface area contributed by atoms with Crippen molar-refractivity contribution in [2.24, 2.45) is 5.84 Å². The molecular weight excluding hydrogens is 300 g/mol. The standard InChI is InChI=1S/C12H19ClN4S2/c1-2-9-11(19-4-3-18-9)10(17-15)8-5-7(13)6-16-12(8)14/h5-6,9-11,17H,2-4,15H2,1H3,(H2,14,16). The van der Waals surface area contributed by atoms with Gasteiger partial charge in [-0.25, -0.2) is 4.98 Å². The third kappa shape index (κ3) is 3.49. The number of nitrogens with two attached hydrogens (primary N) is 2. The Morgan fingerprint density at radius 2 is 2.26 bits per heavy atom. The predicted molar refractivity (Wildman–Crippen MR) is 86.5 cm³/mol. The maximum absolute atomic E-state index is 6.03. The van der Waals surface area contributed by atoms with Gasteiger partial charge in [0.05, 0.1) is 11.1 Å². The molecule has 0 spiro atoms. The molecule has 1 aliphatic rings. The fraction of sp³-hybridized carbons (Fsp3) is 0.583. The number of nitrogen functional groups attached to an aromatic ring is 1. The second kappa shape index (κ2) is 7.04. The highest BCUT2D eigenvalue weighted by Gasteiger charge is 2.33. The number of nitrogens with zero attached hydrogens (tertiary/aromatic N) is 1. The van der Waals surface area contributed by atoms with Crippen LogP contribution in [0.2, 0.25) is 5.02 Å². The fourth-order valence-electron chi connectivity index (χ4n) is 2.32. The van der Waals surface area contributed by atoms with E-state index in [2.05, 4.69) is 17.3 Å². The van der Waals surface area contributed by atoms with Crippen LogP contribution >= 0.6 is 35.1 Å². The van der Waals surface area contributed by atoms with Gasteiger partial charge in [-0.2, -0.15) is 23.5 Å². The summed E-state index contributed by atoms with van der Waals surface area (Å²) >= 11 is 9.99. The second-order valence-electron chi connectivity index (χ2n) is 4.43. The van der Waals surface area contributed by atoms with Crippen LogP contribution in [0, 0.1) is 0 Å². The van der Waals surface area contributed by atoms with Crippen LogP contribution in [0.15, 0.2) is 12.3 Å². The van der Waals surface area contributed by atoms with Gasteiger partial charge in [0.2, 0.25) is 0 Å². The minimum atomic E-state index is -0.0195. The lowest BCUT2D eigenvalue weighted by Crippen LogP contribution is -2.42. The summed E-state index contributed by atoms with van der Waals surface area (Å²) in [6.45, 7) is 2.21. The smallest absolute Gasteiger partial charge is 0.128 e. The molecule has 1 aromatic rings. The van der Waals surface area contributed by atoms with Crippen molar-refractivity contribution in [3.63, 3.8) is 0 Å². The number of anilines is 1. The maximum Gasteiger partial charge on any atom is 0.128 e. The first-order valence-electron chi connectivity index (χ1n) is 6.27. The van der Waals surface area contributed by atoms with Gasteiger partial charge in [0.1, 0.15) is 5.82 Å². The summed E-state index contributed by atoms with van der Waals surface area (Å²) in [5.74, 6) is 8.60. The van der Waals surface area contributed by atoms with Crippen molar-refractivity contribution in [1.82, 2.24) is 10.4 Å². The third-order valence-electron chi connectivity index (χ3n) is 3.25. The number of hydrogen-bond acceptors (Lipinski definition) is 6. The predicted octanol–water partition coefficient (Wildman–Crippen LogP) is 2.45. The molecule has 0 amide bonds. The zero-order chi connectivity index (χ0) is 13.8. The van der Waals surface area contributed by atoms with Crippen molar-refractivity contribution in [1.29, 1.82) is 0 Å². The van der Waals surface area contributed by atoms with E-state index < -0.39 is 0 Å². The monoisotopic (exact) mass is 318 g/mol. The summed E-state index contributed by atoms with van der Waals surface area (Å²) in [6.07, 6.45) is 2.68. The Morgan fingerprint density at radius 1 is 1.53 bits per heavy atom. The van der Waals surface area contributed by atoms with Crippen LogP contribution in [0.4, 0.5) is 5.82 Å². The largest absolute Gasteiger partial charge is 0.383 e. The zero-order valence-corrected chi connectivity index (χ0v) is 13.2. The van der Waals surface area contributed by atoms with E-state index in [4.69, 9.17) is 23.2 Å². The summed E-state index contributed by atoms with van der Waals surface area (Å²) in [5.41, 5.74) is 9.78. The van der Waals surface area contributed by atoms with Crippen molar-refractivity contribution < 1.29 is 0 Å². The number of halogens is 1. The molecule has 1 fully saturated rings. The Kier molecular flexibility index (Phi) is 5.65. The van der Waals surface area contributed by atoms with E-state index in [0.29, 0.717) is 21.3 Å². The number of rotatable bonds is 4. The molecule has 1 aliphatic heterocycles. The summed E-state index contributed by atoms with van der Waals surface area (Å²) in [6, 6.07) is 1.84. The molecule has 2 heterocycles. The number of pyridine rings is 1. The lowest BCUT2D eigenvalue weighted by Gasteiger charge is -2.36. The van der Waals surface area contributed by atoms with Crippen molar-refractivity contribution in [2.75, 3.05) is 17.2 Å². The van der Waals surface area contributed by atoms with Crippen molar-refractivity contribution in [2.45, 2.75) is 29.9 Å². The van der Waals surface area contributed by atoms with Crippen LogP contribution in [-0.4, -0.2) is 27.0 Å². The Morgan fingerprint density at radius 3 is 2.95 bits per heavy atom. The van der Waals surface area contributed by atoms with Crippen LogP contribution < -0.4 is 17.0 Å². The minimum absolute atomic E-state index is 0.0195. The molecule has 3 atom stereocenters. The van der Waals surface area contributed by atoms with Crippen LogP contribution in [0.3, 0.4) is 0 Å². The average molecular weight is 319 g/mol. The number of thioether (sulfide) groups is 2. The first-order chi connectivity index (χ1) is 9.17. The molecule has 2 rings (SSSR count). The number of nitrogens with one attached hydrogen (secondary N) is 1. The van der Waals surface area contributed by atoms with E-state index in [1.54, 1.807) is 6.20 Å². The summed E-state index contributed by atoms with van der Waals surface area (Å²) in [7, 11) is 0. The highest BCUT2D eigenvalue weighted by Crippen LogP contribution is 2.41. The van der Waals surface area contributed by atoms with E-state index in [1.165, 1.54) is 5.75 Å². The highest BCUT2D eigenvalue weighted by atomic mass is 35.5. The van der Waals surface area contributed by atoms with Gasteiger partial charge in [-0.05, 0) is 12.5 Å². The molecule has 1 aromatic heterocycles. The lowest BCUT2D eigenvalue weighted by atomic mass is 10.0. The van der Waals surface area contributed by atoms with Gasteiger partial charge in [0, 0.05) is 33.8 Å². The van der Waals surface area contributed by atoms with Crippen molar-refractivity contribution in [3.05, 3.63) is 22.8 Å². The fourth-order valence-corrected chi connectivity index (χ4v) is 5.71. The van der Waals surface area contributed by atoms with Gasteiger partial charge < -0.3 is 5.73 Å². The van der Waals surface area contributed by atoms with Gasteiger partial charge in [-0.3, -0.25) is 11.3 Å². The molecule has 19 heavy (non-hydrogen) atoms. The molecule has 3 unspecified atom stereocenters. The van der Waals surface area contributed by atoms with Crippen LogP contribution in [-0.2, 0) is 0 Å². The molecule has 106 valence electrons. The molecular formula is C12H19ClN4S2. The Balaban J connectivity index is 2.29. The molecule has 5 N–H and O–H groups in total. The Bertz CT molecular complexity index is 432. The van der Waals surface area contributed by atoms with Crippen LogP contribution in [0.5, 0.6) is 0 Å². The summed E-state index contributed by atoms with van der Waals surface area (Å²) in [4.78, 5) is 4.13. The van der Waals surface area contributed by atoms with E-state index in [1.807, 2.05) is 29.6 Å². The number of aromatic nitrogens is 1. The molecule has 0 aliphatic carbocycles. The van der Waals surface area contributed by atoms with Gasteiger partial charge >= 0.3 is 0 Å². The van der Waals surface area contributed by atoms with Gasteiger partial charge in [-0.15, -0.1) is 0 Å². The van der Waals surface area contributed by atoms with E-state index in [0.717, 1.165) is 17.7 Å². The van der Waals surface area contributed by atoms with Crippen LogP contribution in [0.1, 0.15) is 24.9 Å². The van der Waals surface area contributed by atoms with E-state index >= 15 is 0 Å². The topological polar surface area (TPSA) is 77.0 Å². The van der Waals surface area contributed by atoms with E-state index in [-0.39, 0.29) is 6.04 Å². The van der Waals surface area contributed by atoms with Crippen LogP contribution in [0.25, 0.3) is 0 Å². The van der Waals surface area contributed by atoms with Gasteiger partial charge in [0.15, 0.2) is 0 Å². The number of hydrazine groups is 1. The molecule has 1 saturated heterocycles. The minimum Gasteiger partial charge on any atom is -0.383 e. The molecule has 0 radical (unpaired) electrons. The van der Waals surface area contributed by atoms with Crippen molar-refractivity contribution >= 4 is 40.9 Å². The molecule has 0 aromatic carbocycles. The molecule has 0 saturated carbocycles. The van der Waals surface area contributed by atoms with Crippen molar-refractivity contribution in [3.8, 4) is 0 Å². The SMILES string of the molecule is CCC1SCCSC1C(NN)c1cc(Cl)cnc1N. The first kappa shape index (κ1) is 15.3. The first-order valence-corrected chi connectivity index (χ1v) is 8.75. The Labute approximate surface area is 127 Å². The second-order valence-corrected chi connectivity index (χ2v) is 7.49. The average Bonchev–Trinajstić information content (AvgIpc) is 2.44. The van der Waals surface area contributed by atoms with Gasteiger partial charge in [-0.1, -0.05) is 18.5 Å². The molecule has 0 bridgehead atoms. The summed E-state index contributed by atoms with van der Waals surface area (Å²) < 4.78 is 0. The molecule has 7 heteroatoms. The summed E-state index contributed by atoms with van der Waals surface area (Å²) in [5, 5.41) is 1.54. The normalized spacial score (nSPS) is 25.2. The third-order valence-corrected chi connectivity index (χ3v) is 6.81. The zero-order valence-electron chi connectivity index (χ0n) is 10.8.